The van der Waals surface area contributed by atoms with Crippen molar-refractivity contribution in [2.24, 2.45) is 29.1 Å². The van der Waals surface area contributed by atoms with Gasteiger partial charge in [0.15, 0.2) is 0 Å². The van der Waals surface area contributed by atoms with Crippen LogP contribution in [0.15, 0.2) is 12.2 Å². The summed E-state index contributed by atoms with van der Waals surface area (Å²) in [5.41, 5.74) is -0.996. The molecule has 8 heteroatoms. The highest BCUT2D eigenvalue weighted by atomic mass is 16.6. The van der Waals surface area contributed by atoms with Gasteiger partial charge in [0.2, 0.25) is 0 Å². The van der Waals surface area contributed by atoms with Gasteiger partial charge in [0.05, 0.1) is 24.0 Å². The van der Waals surface area contributed by atoms with Crippen LogP contribution in [-0.2, 0) is 28.6 Å². The van der Waals surface area contributed by atoms with Gasteiger partial charge in [0.1, 0.15) is 18.3 Å². The van der Waals surface area contributed by atoms with Gasteiger partial charge < -0.3 is 24.4 Å². The van der Waals surface area contributed by atoms with Gasteiger partial charge in [-0.15, -0.1) is 0 Å². The van der Waals surface area contributed by atoms with Gasteiger partial charge in [-0.1, -0.05) is 34.3 Å². The molecule has 2 aliphatic carbocycles. The van der Waals surface area contributed by atoms with Crippen molar-refractivity contribution in [3.8, 4) is 0 Å². The number of carbonyl (C=O) groups excluding carboxylic acids is 3. The number of esters is 3. The SMILES string of the molecule is C=C1C(=O)O[C@H]2[C@H](O)[C@@H](C)[C@@H]3[C@@H](OC(=O)C(C)C)C[C@@H](OC(C)=O)[C@@]3(C)[C@H](O)[C@H]12. The first-order chi connectivity index (χ1) is 13.4. The third kappa shape index (κ3) is 3.26. The lowest BCUT2D eigenvalue weighted by Gasteiger charge is -2.42. The highest BCUT2D eigenvalue weighted by molar-refractivity contribution is 5.91. The summed E-state index contributed by atoms with van der Waals surface area (Å²) in [5.74, 6) is -3.80. The highest BCUT2D eigenvalue weighted by Crippen LogP contribution is 2.58. The monoisotopic (exact) mass is 410 g/mol. The Kier molecular flexibility index (Phi) is 5.55. The summed E-state index contributed by atoms with van der Waals surface area (Å²) in [6.07, 6.45) is -4.47. The Bertz CT molecular complexity index is 730. The second-order valence-electron chi connectivity index (χ2n) is 9.07. The quantitative estimate of drug-likeness (QED) is 0.401. The van der Waals surface area contributed by atoms with Crippen molar-refractivity contribution in [1.29, 1.82) is 0 Å². The lowest BCUT2D eigenvalue weighted by molar-refractivity contribution is -0.164. The molecule has 1 saturated heterocycles. The summed E-state index contributed by atoms with van der Waals surface area (Å²) in [5, 5.41) is 22.4. The summed E-state index contributed by atoms with van der Waals surface area (Å²) >= 11 is 0. The molecule has 0 aromatic heterocycles. The third-order valence-electron chi connectivity index (χ3n) is 6.99. The average Bonchev–Trinajstić information content (AvgIpc) is 3.05. The van der Waals surface area contributed by atoms with E-state index < -0.39 is 71.6 Å². The van der Waals surface area contributed by atoms with Crippen LogP contribution in [0.25, 0.3) is 0 Å². The molecule has 8 nitrogen and oxygen atoms in total. The number of rotatable bonds is 3. The van der Waals surface area contributed by atoms with Crippen LogP contribution in [0.3, 0.4) is 0 Å². The molecule has 9 atom stereocenters. The van der Waals surface area contributed by atoms with Gasteiger partial charge in [0.25, 0.3) is 0 Å². The van der Waals surface area contributed by atoms with Crippen molar-refractivity contribution in [2.45, 2.75) is 71.6 Å². The first-order valence-electron chi connectivity index (χ1n) is 10.0. The van der Waals surface area contributed by atoms with Crippen molar-refractivity contribution >= 4 is 17.9 Å². The fourth-order valence-corrected chi connectivity index (χ4v) is 5.46. The van der Waals surface area contributed by atoms with Crippen LogP contribution < -0.4 is 0 Å². The highest BCUT2D eigenvalue weighted by Gasteiger charge is 2.68. The summed E-state index contributed by atoms with van der Waals surface area (Å²) < 4.78 is 16.6. The van der Waals surface area contributed by atoms with Crippen LogP contribution in [0.1, 0.15) is 41.0 Å². The molecule has 0 aromatic rings. The molecule has 0 spiro atoms. The second-order valence-corrected chi connectivity index (χ2v) is 9.07. The van der Waals surface area contributed by atoms with Gasteiger partial charge in [-0.3, -0.25) is 9.59 Å². The van der Waals surface area contributed by atoms with Crippen LogP contribution in [0.5, 0.6) is 0 Å². The first kappa shape index (κ1) is 21.8. The number of hydrogen-bond acceptors (Lipinski definition) is 8. The van der Waals surface area contributed by atoms with E-state index in [2.05, 4.69) is 6.58 Å². The molecule has 3 fully saturated rings. The van der Waals surface area contributed by atoms with Gasteiger partial charge in [-0.05, 0) is 5.92 Å². The Labute approximate surface area is 170 Å². The maximum absolute atomic E-state index is 12.3. The van der Waals surface area contributed by atoms with Crippen molar-refractivity contribution < 1.29 is 38.8 Å². The number of hydrogen-bond donors (Lipinski definition) is 2. The van der Waals surface area contributed by atoms with E-state index in [4.69, 9.17) is 14.2 Å². The maximum atomic E-state index is 12.3. The molecule has 29 heavy (non-hydrogen) atoms. The topological polar surface area (TPSA) is 119 Å². The molecule has 162 valence electrons. The molecule has 0 amide bonds. The van der Waals surface area contributed by atoms with E-state index in [0.29, 0.717) is 0 Å². The summed E-state index contributed by atoms with van der Waals surface area (Å²) in [4.78, 5) is 36.2. The molecular weight excluding hydrogens is 380 g/mol. The zero-order chi connectivity index (χ0) is 21.8. The Hall–Kier alpha value is -1.93. The molecule has 1 heterocycles. The summed E-state index contributed by atoms with van der Waals surface area (Å²) in [7, 11) is 0. The Balaban J connectivity index is 2.08. The number of aliphatic hydroxyl groups is 2. The van der Waals surface area contributed by atoms with E-state index in [1.165, 1.54) is 6.92 Å². The molecule has 2 saturated carbocycles. The zero-order valence-corrected chi connectivity index (χ0v) is 17.5. The van der Waals surface area contributed by atoms with Gasteiger partial charge in [-0.25, -0.2) is 4.79 Å². The van der Waals surface area contributed by atoms with Gasteiger partial charge in [-0.2, -0.15) is 0 Å². The fourth-order valence-electron chi connectivity index (χ4n) is 5.46. The fraction of sp³-hybridized carbons (Fsp3) is 0.762. The number of ether oxygens (including phenoxy) is 3. The smallest absolute Gasteiger partial charge is 0.334 e. The minimum absolute atomic E-state index is 0.0832. The van der Waals surface area contributed by atoms with E-state index in [1.54, 1.807) is 27.7 Å². The van der Waals surface area contributed by atoms with Crippen LogP contribution >= 0.6 is 0 Å². The molecule has 0 radical (unpaired) electrons. The van der Waals surface area contributed by atoms with Crippen molar-refractivity contribution in [2.75, 3.05) is 0 Å². The van der Waals surface area contributed by atoms with E-state index in [0.717, 1.165) is 0 Å². The maximum Gasteiger partial charge on any atom is 0.334 e. The van der Waals surface area contributed by atoms with E-state index in [-0.39, 0.29) is 17.9 Å². The predicted molar refractivity (Wildman–Crippen MR) is 100 cm³/mol. The van der Waals surface area contributed by atoms with Crippen molar-refractivity contribution in [1.82, 2.24) is 0 Å². The molecular formula is C21H30O8. The van der Waals surface area contributed by atoms with Crippen molar-refractivity contribution in [3.05, 3.63) is 12.2 Å². The molecule has 0 aromatic carbocycles. The first-order valence-corrected chi connectivity index (χ1v) is 10.0. The molecule has 3 rings (SSSR count). The molecule has 1 aliphatic heterocycles. The Morgan fingerprint density at radius 1 is 1.28 bits per heavy atom. The van der Waals surface area contributed by atoms with Crippen LogP contribution in [0.4, 0.5) is 0 Å². The largest absolute Gasteiger partial charge is 0.462 e. The molecule has 0 bridgehead atoms. The summed E-state index contributed by atoms with van der Waals surface area (Å²) in [6.45, 7) is 12.0. The van der Waals surface area contributed by atoms with E-state index >= 15 is 0 Å². The van der Waals surface area contributed by atoms with E-state index in [9.17, 15) is 24.6 Å². The minimum Gasteiger partial charge on any atom is -0.462 e. The van der Waals surface area contributed by atoms with Crippen LogP contribution in [0.2, 0.25) is 0 Å². The second kappa shape index (κ2) is 7.40. The standard InChI is InChI=1S/C21H30O8/c1-8(2)19(25)28-12-7-13(27-11(5)22)21(6)15(12)10(4)16(23)17-14(18(21)24)9(3)20(26)29-17/h8,10,12-18,23-24H,3,7H2,1-2,4-6H3/t10-,12-,13+,14+,15+,16+,17+,18+,21+/m0/s1. The van der Waals surface area contributed by atoms with E-state index in [1.807, 2.05) is 0 Å². The van der Waals surface area contributed by atoms with Crippen molar-refractivity contribution in [3.63, 3.8) is 0 Å². The molecule has 2 N–H and O–H groups in total. The number of aliphatic hydroxyl groups excluding tert-OH is 2. The molecule has 3 aliphatic rings. The lowest BCUT2D eigenvalue weighted by Crippen LogP contribution is -2.50. The number of fused-ring (bicyclic) bond motifs is 2. The number of carbonyl (C=O) groups is 3. The predicted octanol–water partition coefficient (Wildman–Crippen LogP) is 0.981. The Morgan fingerprint density at radius 3 is 2.45 bits per heavy atom. The zero-order valence-electron chi connectivity index (χ0n) is 17.5. The minimum atomic E-state index is -1.19. The van der Waals surface area contributed by atoms with Crippen LogP contribution in [-0.4, -0.2) is 58.6 Å². The Morgan fingerprint density at radius 2 is 1.90 bits per heavy atom. The molecule has 0 unspecified atom stereocenters. The summed E-state index contributed by atoms with van der Waals surface area (Å²) in [6, 6.07) is 0. The van der Waals surface area contributed by atoms with Gasteiger partial charge >= 0.3 is 17.9 Å². The lowest BCUT2D eigenvalue weighted by atomic mass is 9.66. The van der Waals surface area contributed by atoms with Gasteiger partial charge in [0, 0.05) is 30.3 Å². The normalized spacial score (nSPS) is 44.0. The van der Waals surface area contributed by atoms with Crippen LogP contribution in [0, 0.1) is 29.1 Å². The third-order valence-corrected chi connectivity index (χ3v) is 6.99. The average molecular weight is 410 g/mol.